The second kappa shape index (κ2) is 9.60. The van der Waals surface area contributed by atoms with Crippen molar-refractivity contribution in [1.29, 1.82) is 0 Å². The van der Waals surface area contributed by atoms with Gasteiger partial charge in [-0.15, -0.1) is 0 Å². The minimum absolute atomic E-state index is 0.0100. The van der Waals surface area contributed by atoms with Crippen LogP contribution in [-0.4, -0.2) is 47.1 Å². The predicted molar refractivity (Wildman–Crippen MR) is 115 cm³/mol. The molecule has 0 aliphatic rings. The number of hydrogen-bond donors (Lipinski definition) is 1. The van der Waals surface area contributed by atoms with Gasteiger partial charge in [-0.2, -0.15) is 4.31 Å². The van der Waals surface area contributed by atoms with Crippen LogP contribution in [0.3, 0.4) is 0 Å². The van der Waals surface area contributed by atoms with Crippen molar-refractivity contribution in [1.82, 2.24) is 4.31 Å². The highest BCUT2D eigenvalue weighted by atomic mass is 32.2. The lowest BCUT2D eigenvalue weighted by molar-refractivity contribution is 0.416. The Morgan fingerprint density at radius 3 is 2.17 bits per heavy atom. The summed E-state index contributed by atoms with van der Waals surface area (Å²) in [5.74, 6) is -0.130. The first kappa shape index (κ1) is 23.2. The van der Waals surface area contributed by atoms with E-state index >= 15 is 0 Å². The summed E-state index contributed by atoms with van der Waals surface area (Å²) in [5.41, 5.74) is 1.00. The maximum atomic E-state index is 12.8. The molecule has 0 aliphatic carbocycles. The normalized spacial score (nSPS) is 13.3. The third-order valence-corrected chi connectivity index (χ3v) is 8.13. The van der Waals surface area contributed by atoms with E-state index in [-0.39, 0.29) is 28.0 Å². The molecule has 0 aromatic heterocycles. The summed E-state index contributed by atoms with van der Waals surface area (Å²) < 4.78 is 60.1. The molecule has 7 nitrogen and oxygen atoms in total. The van der Waals surface area contributed by atoms with E-state index in [1.807, 2.05) is 37.3 Å². The Bertz CT molecular complexity index is 1020. The third-order valence-electron chi connectivity index (χ3n) is 4.62. The molecule has 160 valence electrons. The van der Waals surface area contributed by atoms with Crippen LogP contribution in [0.25, 0.3) is 0 Å². The fraction of sp³-hybridized carbons (Fsp3) is 0.400. The molecule has 0 radical (unpaired) electrons. The van der Waals surface area contributed by atoms with Crippen molar-refractivity contribution < 1.29 is 21.6 Å². The molecule has 0 bridgehead atoms. The lowest BCUT2D eigenvalue weighted by Gasteiger charge is -2.20. The Morgan fingerprint density at radius 2 is 1.62 bits per heavy atom. The van der Waals surface area contributed by atoms with Crippen LogP contribution in [0.5, 0.6) is 5.75 Å². The number of nitrogens with zero attached hydrogens (tertiary/aromatic N) is 1. The molecule has 0 amide bonds. The first-order chi connectivity index (χ1) is 13.6. The van der Waals surface area contributed by atoms with Crippen LogP contribution in [0.1, 0.15) is 32.3 Å². The van der Waals surface area contributed by atoms with Crippen molar-refractivity contribution in [3.8, 4) is 5.75 Å². The van der Waals surface area contributed by atoms with Gasteiger partial charge in [0.15, 0.2) is 0 Å². The smallest absolute Gasteiger partial charge is 0.243 e. The van der Waals surface area contributed by atoms with Crippen molar-refractivity contribution in [3.63, 3.8) is 0 Å². The van der Waals surface area contributed by atoms with E-state index in [1.165, 1.54) is 29.6 Å². The Kier molecular flexibility index (Phi) is 7.67. The van der Waals surface area contributed by atoms with Crippen molar-refractivity contribution in [2.75, 3.05) is 30.7 Å². The van der Waals surface area contributed by atoms with Gasteiger partial charge in [0.05, 0.1) is 23.4 Å². The highest BCUT2D eigenvalue weighted by Crippen LogP contribution is 2.30. The number of sulfonamides is 2. The first-order valence-electron chi connectivity index (χ1n) is 9.38. The van der Waals surface area contributed by atoms with Gasteiger partial charge in [0, 0.05) is 13.1 Å². The second-order valence-electron chi connectivity index (χ2n) is 6.65. The number of methoxy groups -OCH3 is 1. The standard InChI is InChI=1S/C20H28N2O5S2/c1-5-22(6-2)29(25,26)18-12-13-20(27-4)19(14-18)21-28(23,24)15-16(3)17-10-8-7-9-11-17/h7-14,16,21H,5-6,15H2,1-4H3/t16-/m1/s1. The lowest BCUT2D eigenvalue weighted by atomic mass is 10.0. The zero-order valence-corrected chi connectivity index (χ0v) is 18.8. The van der Waals surface area contributed by atoms with Crippen LogP contribution in [0.4, 0.5) is 5.69 Å². The lowest BCUT2D eigenvalue weighted by Crippen LogP contribution is -2.30. The number of rotatable bonds is 10. The van der Waals surface area contributed by atoms with Crippen LogP contribution >= 0.6 is 0 Å². The maximum absolute atomic E-state index is 12.8. The Hall–Kier alpha value is -2.10. The SMILES string of the molecule is CCN(CC)S(=O)(=O)c1ccc(OC)c(NS(=O)(=O)C[C@@H](C)c2ccccc2)c1. The molecule has 0 saturated heterocycles. The molecule has 2 aromatic carbocycles. The van der Waals surface area contributed by atoms with E-state index < -0.39 is 20.0 Å². The molecule has 0 unspecified atom stereocenters. The molecule has 9 heteroatoms. The number of anilines is 1. The highest BCUT2D eigenvalue weighted by Gasteiger charge is 2.24. The van der Waals surface area contributed by atoms with Crippen molar-refractivity contribution in [3.05, 3.63) is 54.1 Å². The zero-order chi connectivity index (χ0) is 21.7. The summed E-state index contributed by atoms with van der Waals surface area (Å²) >= 11 is 0. The summed E-state index contributed by atoms with van der Waals surface area (Å²) in [7, 11) is -6.07. The quantitative estimate of drug-likeness (QED) is 0.612. The molecule has 0 aliphatic heterocycles. The van der Waals surface area contributed by atoms with Crippen LogP contribution in [0.2, 0.25) is 0 Å². The molecular weight excluding hydrogens is 412 g/mol. The minimum Gasteiger partial charge on any atom is -0.495 e. The van der Waals surface area contributed by atoms with E-state index in [0.717, 1.165) is 5.56 Å². The Balaban J connectivity index is 2.33. The maximum Gasteiger partial charge on any atom is 0.243 e. The monoisotopic (exact) mass is 440 g/mol. The van der Waals surface area contributed by atoms with E-state index in [4.69, 9.17) is 4.74 Å². The van der Waals surface area contributed by atoms with Crippen LogP contribution < -0.4 is 9.46 Å². The average Bonchev–Trinajstić information content (AvgIpc) is 2.68. The molecular formula is C20H28N2O5S2. The average molecular weight is 441 g/mol. The van der Waals surface area contributed by atoms with E-state index in [2.05, 4.69) is 4.72 Å². The van der Waals surface area contributed by atoms with Gasteiger partial charge in [-0.25, -0.2) is 16.8 Å². The predicted octanol–water partition coefficient (Wildman–Crippen LogP) is 3.27. The minimum atomic E-state index is -3.75. The van der Waals surface area contributed by atoms with Gasteiger partial charge in [-0.3, -0.25) is 4.72 Å². The summed E-state index contributed by atoms with van der Waals surface area (Å²) in [5, 5.41) is 0. The molecule has 0 spiro atoms. The van der Waals surface area contributed by atoms with Crippen LogP contribution in [0.15, 0.2) is 53.4 Å². The van der Waals surface area contributed by atoms with Gasteiger partial charge in [0.1, 0.15) is 5.75 Å². The van der Waals surface area contributed by atoms with Gasteiger partial charge in [0.25, 0.3) is 0 Å². The highest BCUT2D eigenvalue weighted by molar-refractivity contribution is 7.92. The zero-order valence-electron chi connectivity index (χ0n) is 17.1. The summed E-state index contributed by atoms with van der Waals surface area (Å²) in [6.07, 6.45) is 0. The van der Waals surface area contributed by atoms with Gasteiger partial charge < -0.3 is 4.74 Å². The molecule has 1 N–H and O–H groups in total. The molecule has 0 heterocycles. The summed E-state index contributed by atoms with van der Waals surface area (Å²) in [4.78, 5) is 0.0100. The molecule has 1 atom stereocenters. The number of hydrogen-bond acceptors (Lipinski definition) is 5. The largest absolute Gasteiger partial charge is 0.495 e. The number of ether oxygens (including phenoxy) is 1. The van der Waals surface area contributed by atoms with Crippen molar-refractivity contribution >= 4 is 25.7 Å². The molecule has 29 heavy (non-hydrogen) atoms. The van der Waals surface area contributed by atoms with Crippen LogP contribution in [-0.2, 0) is 20.0 Å². The van der Waals surface area contributed by atoms with Gasteiger partial charge in [-0.1, -0.05) is 51.1 Å². The Morgan fingerprint density at radius 1 is 1.00 bits per heavy atom. The van der Waals surface area contributed by atoms with Crippen molar-refractivity contribution in [2.24, 2.45) is 0 Å². The topological polar surface area (TPSA) is 92.8 Å². The number of nitrogens with one attached hydrogen (secondary N) is 1. The van der Waals surface area contributed by atoms with E-state index in [9.17, 15) is 16.8 Å². The van der Waals surface area contributed by atoms with Gasteiger partial charge in [0.2, 0.25) is 20.0 Å². The van der Waals surface area contributed by atoms with Crippen LogP contribution in [0, 0.1) is 0 Å². The third kappa shape index (κ3) is 5.71. The molecule has 0 fully saturated rings. The summed E-state index contributed by atoms with van der Waals surface area (Å²) in [6, 6.07) is 13.5. The fourth-order valence-electron chi connectivity index (χ4n) is 3.06. The van der Waals surface area contributed by atoms with E-state index in [1.54, 1.807) is 13.8 Å². The summed E-state index contributed by atoms with van der Waals surface area (Å²) in [6.45, 7) is 5.96. The van der Waals surface area contributed by atoms with Gasteiger partial charge in [-0.05, 0) is 29.7 Å². The molecule has 0 saturated carbocycles. The van der Waals surface area contributed by atoms with Gasteiger partial charge >= 0.3 is 0 Å². The molecule has 2 aromatic rings. The first-order valence-corrected chi connectivity index (χ1v) is 12.5. The second-order valence-corrected chi connectivity index (χ2v) is 10.4. The fourth-order valence-corrected chi connectivity index (χ4v) is 5.97. The van der Waals surface area contributed by atoms with Crippen molar-refractivity contribution in [2.45, 2.75) is 31.6 Å². The molecule has 2 rings (SSSR count). The Labute approximate surface area is 173 Å². The van der Waals surface area contributed by atoms with E-state index in [0.29, 0.717) is 13.1 Å². The number of benzene rings is 2.